The summed E-state index contributed by atoms with van der Waals surface area (Å²) in [5.41, 5.74) is 1.99. The Hall–Kier alpha value is -2.59. The van der Waals surface area contributed by atoms with Crippen molar-refractivity contribution in [3.05, 3.63) is 45.5 Å². The highest BCUT2D eigenvalue weighted by molar-refractivity contribution is 5.68. The predicted octanol–water partition coefficient (Wildman–Crippen LogP) is 4.05. The largest absolute Gasteiger partial charge is 0.449 e. The second-order valence-electron chi connectivity index (χ2n) is 13.8. The summed E-state index contributed by atoms with van der Waals surface area (Å²) in [5.74, 6) is 0.301. The van der Waals surface area contributed by atoms with E-state index in [9.17, 15) is 20.0 Å². The van der Waals surface area contributed by atoms with E-state index in [1.807, 2.05) is 31.2 Å². The van der Waals surface area contributed by atoms with Gasteiger partial charge in [-0.25, -0.2) is 4.79 Å². The third-order valence-corrected chi connectivity index (χ3v) is 9.87. The lowest BCUT2D eigenvalue weighted by atomic mass is 9.82. The smallest absolute Gasteiger partial charge is 0.409 e. The monoisotopic (exact) mass is 709 g/mol. The van der Waals surface area contributed by atoms with Crippen molar-refractivity contribution >= 4 is 6.09 Å². The first-order chi connectivity index (χ1) is 24.3. The molecular weight excluding hydrogens is 650 g/mol. The van der Waals surface area contributed by atoms with E-state index in [4.69, 9.17) is 28.4 Å². The molecule has 0 radical (unpaired) electrons. The number of morpholine rings is 1. The zero-order valence-corrected chi connectivity index (χ0v) is 30.2. The molecule has 14 heteroatoms. The number of amides is 1. The van der Waals surface area contributed by atoms with Gasteiger partial charge in [0.15, 0.2) is 0 Å². The van der Waals surface area contributed by atoms with Gasteiger partial charge in [-0.2, -0.15) is 0 Å². The first kappa shape index (κ1) is 40.2. The number of carbonyl (C=O) groups is 1. The minimum absolute atomic E-state index is 0.0532. The third kappa shape index (κ3) is 12.9. The Bertz CT molecular complexity index is 1130. The van der Waals surface area contributed by atoms with Crippen molar-refractivity contribution in [2.75, 3.05) is 86.1 Å². The fourth-order valence-electron chi connectivity index (χ4n) is 7.28. The number of carbonyl (C=O) groups excluding carboxylic acids is 1. The number of hydrogen-bond donors (Lipinski definition) is 1. The lowest BCUT2D eigenvalue weighted by Gasteiger charge is -2.46. The number of hydrogen-bond acceptors (Lipinski definition) is 12. The number of ether oxygens (including phenoxy) is 6. The van der Waals surface area contributed by atoms with Gasteiger partial charge in [0.05, 0.1) is 71.0 Å². The molecule has 2 saturated heterocycles. The molecule has 1 aromatic rings. The Labute approximate surface area is 296 Å². The molecule has 1 N–H and O–H groups in total. The molecular formula is C36H59N3O11. The molecule has 1 aliphatic carbocycles. The molecule has 0 bridgehead atoms. The fraction of sp³-hybridized carbons (Fsp3) is 0.806. The van der Waals surface area contributed by atoms with Gasteiger partial charge in [-0.15, -0.1) is 10.1 Å². The van der Waals surface area contributed by atoms with Crippen LogP contribution in [0.25, 0.3) is 0 Å². The molecule has 4 rings (SSSR count). The minimum atomic E-state index is -0.866. The molecule has 0 spiro atoms. The quantitative estimate of drug-likeness (QED) is 0.111. The molecule has 1 amide bonds. The van der Waals surface area contributed by atoms with Gasteiger partial charge in [-0.3, -0.25) is 4.90 Å². The maximum Gasteiger partial charge on any atom is 0.409 e. The molecule has 284 valence electrons. The number of fused-ring (bicyclic) bond motifs is 1. The van der Waals surface area contributed by atoms with Crippen LogP contribution in [0.1, 0.15) is 69.4 Å². The molecule has 14 nitrogen and oxygen atoms in total. The van der Waals surface area contributed by atoms with Crippen molar-refractivity contribution in [1.82, 2.24) is 9.80 Å². The van der Waals surface area contributed by atoms with Crippen LogP contribution in [0.15, 0.2) is 24.3 Å². The summed E-state index contributed by atoms with van der Waals surface area (Å²) in [6.07, 6.45) is 3.13. The van der Waals surface area contributed by atoms with E-state index in [-0.39, 0.29) is 38.3 Å². The Balaban J connectivity index is 1.38. The van der Waals surface area contributed by atoms with Gasteiger partial charge in [0.1, 0.15) is 0 Å². The highest BCUT2D eigenvalue weighted by Crippen LogP contribution is 2.36. The number of likely N-dealkylation sites (tertiary alicyclic amines) is 1. The molecule has 1 saturated carbocycles. The molecule has 3 fully saturated rings. The number of unbranched alkanes of at least 4 members (excludes halogenated alkanes) is 1. The van der Waals surface area contributed by atoms with E-state index in [0.717, 1.165) is 63.1 Å². The van der Waals surface area contributed by atoms with Crippen LogP contribution in [-0.2, 0) is 39.9 Å². The summed E-state index contributed by atoms with van der Waals surface area (Å²) in [6, 6.07) is 8.44. The number of β-amino-alcohol motifs (C(OH)–C–C–N with tert-alkyl or cyclic N) is 1. The zero-order chi connectivity index (χ0) is 35.7. The summed E-state index contributed by atoms with van der Waals surface area (Å²) in [4.78, 5) is 31.8. The van der Waals surface area contributed by atoms with Crippen LogP contribution in [0.5, 0.6) is 0 Å². The summed E-state index contributed by atoms with van der Waals surface area (Å²) in [6.45, 7) is 10.9. The van der Waals surface area contributed by atoms with Crippen molar-refractivity contribution in [3.8, 4) is 0 Å². The van der Waals surface area contributed by atoms with Crippen LogP contribution in [0, 0.1) is 22.0 Å². The van der Waals surface area contributed by atoms with Crippen molar-refractivity contribution < 1.29 is 48.2 Å². The van der Waals surface area contributed by atoms with Gasteiger partial charge < -0.3 is 43.3 Å². The Kier molecular flexibility index (Phi) is 17.4. The number of rotatable bonds is 21. The summed E-state index contributed by atoms with van der Waals surface area (Å²) in [7, 11) is 1.74. The Morgan fingerprint density at radius 3 is 2.62 bits per heavy atom. The van der Waals surface area contributed by atoms with Crippen LogP contribution < -0.4 is 0 Å². The van der Waals surface area contributed by atoms with Crippen LogP contribution in [0.4, 0.5) is 4.79 Å². The number of benzene rings is 1. The van der Waals surface area contributed by atoms with E-state index in [1.165, 1.54) is 4.90 Å². The van der Waals surface area contributed by atoms with Crippen LogP contribution in [0.3, 0.4) is 0 Å². The summed E-state index contributed by atoms with van der Waals surface area (Å²) in [5, 5.41) is 21.0. The predicted molar refractivity (Wildman–Crippen MR) is 184 cm³/mol. The van der Waals surface area contributed by atoms with E-state index >= 15 is 0 Å². The van der Waals surface area contributed by atoms with Gasteiger partial charge in [0.25, 0.3) is 5.09 Å². The fourth-order valence-corrected chi connectivity index (χ4v) is 7.28. The number of aliphatic hydroxyl groups excluding tert-OH is 1. The lowest BCUT2D eigenvalue weighted by molar-refractivity contribution is -0.757. The normalized spacial score (nSPS) is 26.3. The second-order valence-corrected chi connectivity index (χ2v) is 13.8. The van der Waals surface area contributed by atoms with E-state index < -0.39 is 23.4 Å². The lowest BCUT2D eigenvalue weighted by Crippen LogP contribution is -2.55. The third-order valence-electron chi connectivity index (χ3n) is 9.87. The van der Waals surface area contributed by atoms with Gasteiger partial charge in [-0.1, -0.05) is 31.2 Å². The standard InChI is InChI=1S/C36H59N3O11/c1-4-45-23-27(2)24-46-25-28-8-11-30(12-9-28)35-32(40)21-38(36(41)48-17-5-6-18-50-39(42)43)22-34(35)49-26-29-10-13-33-31(20-29)37(15-19-47-33)14-7-16-44-3/h8-9,11-12,27,29,31-35,40H,4-7,10,13-26H2,1-3H3. The van der Waals surface area contributed by atoms with E-state index in [1.54, 1.807) is 7.11 Å². The van der Waals surface area contributed by atoms with Gasteiger partial charge in [0.2, 0.25) is 0 Å². The van der Waals surface area contributed by atoms with Gasteiger partial charge in [-0.05, 0) is 62.5 Å². The molecule has 1 aromatic carbocycles. The van der Waals surface area contributed by atoms with Crippen molar-refractivity contribution in [2.45, 2.75) is 89.3 Å². The summed E-state index contributed by atoms with van der Waals surface area (Å²) >= 11 is 0. The van der Waals surface area contributed by atoms with E-state index in [0.29, 0.717) is 63.8 Å². The number of aliphatic hydroxyl groups is 1. The summed E-state index contributed by atoms with van der Waals surface area (Å²) < 4.78 is 35.0. The molecule has 0 aromatic heterocycles. The van der Waals surface area contributed by atoms with Crippen LogP contribution in [0.2, 0.25) is 0 Å². The average Bonchev–Trinajstić information content (AvgIpc) is 3.11. The molecule has 50 heavy (non-hydrogen) atoms. The van der Waals surface area contributed by atoms with E-state index in [2.05, 4.69) is 16.7 Å². The molecule has 2 aliphatic heterocycles. The molecule has 2 heterocycles. The van der Waals surface area contributed by atoms with Crippen LogP contribution >= 0.6 is 0 Å². The average molecular weight is 710 g/mol. The molecule has 7 unspecified atom stereocenters. The minimum Gasteiger partial charge on any atom is -0.449 e. The topological polar surface area (TPSA) is 152 Å². The first-order valence-corrected chi connectivity index (χ1v) is 18.4. The van der Waals surface area contributed by atoms with Gasteiger partial charge >= 0.3 is 6.09 Å². The number of nitrogens with zero attached hydrogens (tertiary/aromatic N) is 3. The maximum absolute atomic E-state index is 13.1. The number of piperidine rings is 1. The Morgan fingerprint density at radius 2 is 1.86 bits per heavy atom. The Morgan fingerprint density at radius 1 is 1.08 bits per heavy atom. The molecule has 3 aliphatic rings. The van der Waals surface area contributed by atoms with Crippen molar-refractivity contribution in [1.29, 1.82) is 0 Å². The van der Waals surface area contributed by atoms with Gasteiger partial charge in [0, 0.05) is 57.9 Å². The maximum atomic E-state index is 13.1. The second kappa shape index (κ2) is 21.7. The van der Waals surface area contributed by atoms with Crippen molar-refractivity contribution in [3.63, 3.8) is 0 Å². The SMILES string of the molecule is CCOCC(C)COCc1ccc(C2C(O)CN(C(=O)OCCCCO[N+](=O)[O-])CC2OCC2CCC3OCCN(CCCOC)C3C2)cc1. The highest BCUT2D eigenvalue weighted by Gasteiger charge is 2.42. The van der Waals surface area contributed by atoms with Crippen molar-refractivity contribution in [2.24, 2.45) is 11.8 Å². The first-order valence-electron chi connectivity index (χ1n) is 18.4. The molecule has 7 atom stereocenters. The highest BCUT2D eigenvalue weighted by atomic mass is 16.9. The van der Waals surface area contributed by atoms with Crippen LogP contribution in [-0.4, -0.2) is 137 Å². The number of methoxy groups -OCH3 is 1. The zero-order valence-electron chi connectivity index (χ0n) is 30.2.